The first-order chi connectivity index (χ1) is 11.2. The van der Waals surface area contributed by atoms with Crippen molar-refractivity contribution in [2.75, 3.05) is 19.8 Å². The lowest BCUT2D eigenvalue weighted by molar-refractivity contribution is -0.0403. The molecule has 1 fully saturated rings. The van der Waals surface area contributed by atoms with Crippen LogP contribution in [0.3, 0.4) is 0 Å². The van der Waals surface area contributed by atoms with E-state index in [0.29, 0.717) is 25.5 Å². The lowest BCUT2D eigenvalue weighted by atomic mass is 10.1. The molecule has 0 bridgehead atoms. The number of nitrogens with one attached hydrogen (secondary N) is 1. The third-order valence-electron chi connectivity index (χ3n) is 3.60. The molecule has 2 aromatic rings. The molecule has 1 aromatic heterocycles. The Bertz CT molecular complexity index is 633. The van der Waals surface area contributed by atoms with Gasteiger partial charge in [-0.05, 0) is 36.8 Å². The van der Waals surface area contributed by atoms with Crippen LogP contribution in [0.2, 0.25) is 0 Å². The largest absolute Gasteiger partial charge is 0.453 e. The SMILES string of the molecule is C[C@@H](NCC1OCCO1)c1ccc(Oc2cccnc2)c(F)c1. The predicted octanol–water partition coefficient (Wildman–Crippen LogP) is 3.04. The van der Waals surface area contributed by atoms with E-state index in [1.807, 2.05) is 13.0 Å². The van der Waals surface area contributed by atoms with Crippen LogP contribution in [0.4, 0.5) is 4.39 Å². The summed E-state index contributed by atoms with van der Waals surface area (Å²) >= 11 is 0. The fourth-order valence-electron chi connectivity index (χ4n) is 2.32. The molecule has 0 saturated carbocycles. The van der Waals surface area contributed by atoms with Crippen molar-refractivity contribution < 1.29 is 18.6 Å². The number of hydrogen-bond donors (Lipinski definition) is 1. The Morgan fingerprint density at radius 3 is 2.87 bits per heavy atom. The number of benzene rings is 1. The highest BCUT2D eigenvalue weighted by molar-refractivity contribution is 5.34. The van der Waals surface area contributed by atoms with Gasteiger partial charge in [0.2, 0.25) is 0 Å². The molecule has 3 rings (SSSR count). The Morgan fingerprint density at radius 1 is 1.35 bits per heavy atom. The third-order valence-corrected chi connectivity index (χ3v) is 3.60. The van der Waals surface area contributed by atoms with E-state index in [4.69, 9.17) is 14.2 Å². The highest BCUT2D eigenvalue weighted by atomic mass is 19.1. The normalized spacial score (nSPS) is 16.4. The van der Waals surface area contributed by atoms with Crippen molar-refractivity contribution >= 4 is 0 Å². The third kappa shape index (κ3) is 4.25. The second kappa shape index (κ2) is 7.50. The average Bonchev–Trinajstić information content (AvgIpc) is 3.09. The van der Waals surface area contributed by atoms with E-state index in [1.54, 1.807) is 30.6 Å². The van der Waals surface area contributed by atoms with Crippen LogP contribution in [-0.2, 0) is 9.47 Å². The first kappa shape index (κ1) is 15.9. The summed E-state index contributed by atoms with van der Waals surface area (Å²) < 4.78 is 30.4. The Morgan fingerprint density at radius 2 is 2.17 bits per heavy atom. The van der Waals surface area contributed by atoms with Gasteiger partial charge in [0, 0.05) is 18.8 Å². The summed E-state index contributed by atoms with van der Waals surface area (Å²) in [5, 5.41) is 3.27. The topological polar surface area (TPSA) is 52.6 Å². The van der Waals surface area contributed by atoms with Crippen molar-refractivity contribution in [1.29, 1.82) is 0 Å². The van der Waals surface area contributed by atoms with E-state index >= 15 is 0 Å². The fourth-order valence-corrected chi connectivity index (χ4v) is 2.32. The lowest BCUT2D eigenvalue weighted by Crippen LogP contribution is -2.29. The van der Waals surface area contributed by atoms with Crippen LogP contribution in [0.5, 0.6) is 11.5 Å². The van der Waals surface area contributed by atoms with Gasteiger partial charge in [0.05, 0.1) is 19.4 Å². The second-order valence-electron chi connectivity index (χ2n) is 5.28. The zero-order valence-corrected chi connectivity index (χ0v) is 12.9. The van der Waals surface area contributed by atoms with Gasteiger partial charge in [-0.3, -0.25) is 4.98 Å². The molecule has 0 unspecified atom stereocenters. The lowest BCUT2D eigenvalue weighted by Gasteiger charge is -2.17. The van der Waals surface area contributed by atoms with Crippen LogP contribution in [0.25, 0.3) is 0 Å². The summed E-state index contributed by atoms with van der Waals surface area (Å²) in [6, 6.07) is 8.37. The number of pyridine rings is 1. The van der Waals surface area contributed by atoms with Crippen molar-refractivity contribution in [3.05, 3.63) is 54.1 Å². The Balaban J connectivity index is 1.61. The van der Waals surface area contributed by atoms with Crippen molar-refractivity contribution in [3.63, 3.8) is 0 Å². The molecule has 1 atom stereocenters. The molecule has 0 radical (unpaired) electrons. The summed E-state index contributed by atoms with van der Waals surface area (Å²) in [4.78, 5) is 3.94. The molecular weight excluding hydrogens is 299 g/mol. The summed E-state index contributed by atoms with van der Waals surface area (Å²) in [6.07, 6.45) is 2.95. The monoisotopic (exact) mass is 318 g/mol. The predicted molar refractivity (Wildman–Crippen MR) is 82.8 cm³/mol. The first-order valence-corrected chi connectivity index (χ1v) is 7.56. The maximum absolute atomic E-state index is 14.2. The van der Waals surface area contributed by atoms with Crippen LogP contribution in [-0.4, -0.2) is 31.0 Å². The van der Waals surface area contributed by atoms with Gasteiger partial charge in [0.1, 0.15) is 5.75 Å². The Kier molecular flexibility index (Phi) is 5.17. The van der Waals surface area contributed by atoms with Gasteiger partial charge in [-0.2, -0.15) is 0 Å². The van der Waals surface area contributed by atoms with Crippen molar-refractivity contribution in [2.45, 2.75) is 19.3 Å². The molecular formula is C17H19FN2O3. The number of nitrogens with zero attached hydrogens (tertiary/aromatic N) is 1. The maximum atomic E-state index is 14.2. The van der Waals surface area contributed by atoms with E-state index < -0.39 is 5.82 Å². The zero-order valence-electron chi connectivity index (χ0n) is 12.9. The molecule has 23 heavy (non-hydrogen) atoms. The zero-order chi connectivity index (χ0) is 16.1. The summed E-state index contributed by atoms with van der Waals surface area (Å²) in [5.41, 5.74) is 0.832. The summed E-state index contributed by atoms with van der Waals surface area (Å²) in [5.74, 6) is 0.269. The van der Waals surface area contributed by atoms with Crippen molar-refractivity contribution in [1.82, 2.24) is 10.3 Å². The Labute approximate surface area is 134 Å². The van der Waals surface area contributed by atoms with Gasteiger partial charge in [0.25, 0.3) is 0 Å². The number of rotatable bonds is 6. The number of hydrogen-bond acceptors (Lipinski definition) is 5. The molecule has 6 heteroatoms. The number of ether oxygens (including phenoxy) is 3. The van der Waals surface area contributed by atoms with E-state index in [2.05, 4.69) is 10.3 Å². The van der Waals surface area contributed by atoms with E-state index in [1.165, 1.54) is 6.07 Å². The minimum atomic E-state index is -0.409. The van der Waals surface area contributed by atoms with Crippen molar-refractivity contribution in [2.24, 2.45) is 0 Å². The van der Waals surface area contributed by atoms with Crippen LogP contribution in [0, 0.1) is 5.82 Å². The minimum absolute atomic E-state index is 0.0234. The smallest absolute Gasteiger partial charge is 0.170 e. The molecule has 0 amide bonds. The average molecular weight is 318 g/mol. The molecule has 0 spiro atoms. The van der Waals surface area contributed by atoms with Crippen LogP contribution in [0.1, 0.15) is 18.5 Å². The van der Waals surface area contributed by atoms with Gasteiger partial charge >= 0.3 is 0 Å². The summed E-state index contributed by atoms with van der Waals surface area (Å²) in [7, 11) is 0. The summed E-state index contributed by atoms with van der Waals surface area (Å²) in [6.45, 7) is 3.77. The highest BCUT2D eigenvalue weighted by Gasteiger charge is 2.17. The quantitative estimate of drug-likeness (QED) is 0.887. The standard InChI is InChI=1S/C17H19FN2O3/c1-12(20-11-17-21-7-8-22-17)13-4-5-16(15(18)9-13)23-14-3-2-6-19-10-14/h2-6,9-10,12,17,20H,7-8,11H2,1H3/t12-/m1/s1. The first-order valence-electron chi connectivity index (χ1n) is 7.56. The van der Waals surface area contributed by atoms with Gasteiger partial charge in [-0.15, -0.1) is 0 Å². The van der Waals surface area contributed by atoms with Crippen LogP contribution < -0.4 is 10.1 Å². The van der Waals surface area contributed by atoms with Gasteiger partial charge in [-0.1, -0.05) is 6.07 Å². The Hall–Kier alpha value is -2.02. The minimum Gasteiger partial charge on any atom is -0.453 e. The molecule has 5 nitrogen and oxygen atoms in total. The van der Waals surface area contributed by atoms with E-state index in [9.17, 15) is 4.39 Å². The number of halogens is 1. The fraction of sp³-hybridized carbons (Fsp3) is 0.353. The second-order valence-corrected chi connectivity index (χ2v) is 5.28. The maximum Gasteiger partial charge on any atom is 0.170 e. The van der Waals surface area contributed by atoms with Crippen LogP contribution >= 0.6 is 0 Å². The van der Waals surface area contributed by atoms with Crippen molar-refractivity contribution in [3.8, 4) is 11.5 Å². The van der Waals surface area contributed by atoms with Gasteiger partial charge in [0.15, 0.2) is 17.9 Å². The number of aromatic nitrogens is 1. The molecule has 1 saturated heterocycles. The van der Waals surface area contributed by atoms with E-state index in [-0.39, 0.29) is 18.1 Å². The molecule has 0 aliphatic carbocycles. The molecule has 1 aliphatic rings. The molecule has 1 N–H and O–H groups in total. The molecule has 122 valence electrons. The van der Waals surface area contributed by atoms with Gasteiger partial charge < -0.3 is 19.5 Å². The van der Waals surface area contributed by atoms with Crippen LogP contribution in [0.15, 0.2) is 42.7 Å². The molecule has 2 heterocycles. The molecule has 1 aliphatic heterocycles. The highest BCUT2D eigenvalue weighted by Crippen LogP contribution is 2.26. The van der Waals surface area contributed by atoms with E-state index in [0.717, 1.165) is 5.56 Å². The van der Waals surface area contributed by atoms with Gasteiger partial charge in [-0.25, -0.2) is 4.39 Å². The molecule has 1 aromatic carbocycles.